The van der Waals surface area contributed by atoms with Crippen LogP contribution in [0.25, 0.3) is 0 Å². The lowest BCUT2D eigenvalue weighted by Gasteiger charge is -2.06. The summed E-state index contributed by atoms with van der Waals surface area (Å²) in [7, 11) is 0. The standard InChI is InChI=1S/C11H16FNO2/c12-11-6-9(7-13)2-3-10(11)8-15-5-1-4-14/h2-3,6,14H,1,4-5,7-8,13H2. The zero-order chi connectivity index (χ0) is 11.1. The molecule has 0 bridgehead atoms. The first-order chi connectivity index (χ1) is 7.27. The van der Waals surface area contributed by atoms with Gasteiger partial charge < -0.3 is 15.6 Å². The molecule has 1 aromatic rings. The Morgan fingerprint density at radius 3 is 2.80 bits per heavy atom. The summed E-state index contributed by atoms with van der Waals surface area (Å²) < 4.78 is 18.5. The molecule has 84 valence electrons. The molecule has 0 amide bonds. The van der Waals surface area contributed by atoms with Gasteiger partial charge in [-0.05, 0) is 18.1 Å². The quantitative estimate of drug-likeness (QED) is 0.698. The second-order valence-electron chi connectivity index (χ2n) is 3.26. The van der Waals surface area contributed by atoms with E-state index in [0.29, 0.717) is 25.1 Å². The first kappa shape index (κ1) is 12.1. The third-order valence-electron chi connectivity index (χ3n) is 2.06. The van der Waals surface area contributed by atoms with Gasteiger partial charge in [-0.2, -0.15) is 0 Å². The van der Waals surface area contributed by atoms with Crippen LogP contribution in [0, 0.1) is 5.82 Å². The fourth-order valence-electron chi connectivity index (χ4n) is 1.18. The van der Waals surface area contributed by atoms with Crippen molar-refractivity contribution < 1.29 is 14.2 Å². The highest BCUT2D eigenvalue weighted by atomic mass is 19.1. The van der Waals surface area contributed by atoms with Crippen molar-refractivity contribution >= 4 is 0 Å². The molecule has 0 atom stereocenters. The number of halogens is 1. The van der Waals surface area contributed by atoms with Gasteiger partial charge in [0.1, 0.15) is 5.82 Å². The Hall–Kier alpha value is -0.970. The molecular formula is C11H16FNO2. The van der Waals surface area contributed by atoms with Crippen LogP contribution in [0.1, 0.15) is 17.5 Å². The van der Waals surface area contributed by atoms with Crippen molar-refractivity contribution in [1.29, 1.82) is 0 Å². The summed E-state index contributed by atoms with van der Waals surface area (Å²) in [4.78, 5) is 0. The van der Waals surface area contributed by atoms with E-state index < -0.39 is 0 Å². The smallest absolute Gasteiger partial charge is 0.129 e. The highest BCUT2D eigenvalue weighted by Gasteiger charge is 2.02. The van der Waals surface area contributed by atoms with Crippen molar-refractivity contribution in [3.8, 4) is 0 Å². The summed E-state index contributed by atoms with van der Waals surface area (Å²) >= 11 is 0. The molecule has 1 aromatic carbocycles. The van der Waals surface area contributed by atoms with Crippen molar-refractivity contribution in [3.05, 3.63) is 35.1 Å². The fraction of sp³-hybridized carbons (Fsp3) is 0.455. The number of rotatable bonds is 6. The molecule has 0 heterocycles. The largest absolute Gasteiger partial charge is 0.396 e. The molecular weight excluding hydrogens is 197 g/mol. The van der Waals surface area contributed by atoms with E-state index >= 15 is 0 Å². The number of hydrogen-bond donors (Lipinski definition) is 2. The normalized spacial score (nSPS) is 10.6. The van der Waals surface area contributed by atoms with Gasteiger partial charge in [0, 0.05) is 25.3 Å². The van der Waals surface area contributed by atoms with E-state index in [-0.39, 0.29) is 19.0 Å². The summed E-state index contributed by atoms with van der Waals surface area (Å²) in [5.41, 5.74) is 6.67. The Morgan fingerprint density at radius 2 is 2.20 bits per heavy atom. The molecule has 0 saturated heterocycles. The number of aliphatic hydroxyl groups is 1. The maximum absolute atomic E-state index is 13.4. The molecule has 0 radical (unpaired) electrons. The van der Waals surface area contributed by atoms with Crippen LogP contribution in [0.3, 0.4) is 0 Å². The highest BCUT2D eigenvalue weighted by molar-refractivity contribution is 5.23. The average molecular weight is 213 g/mol. The first-order valence-corrected chi connectivity index (χ1v) is 4.94. The van der Waals surface area contributed by atoms with E-state index in [0.717, 1.165) is 5.56 Å². The SMILES string of the molecule is NCc1ccc(COCCCO)c(F)c1. The Balaban J connectivity index is 2.47. The minimum Gasteiger partial charge on any atom is -0.396 e. The van der Waals surface area contributed by atoms with E-state index in [9.17, 15) is 4.39 Å². The minimum atomic E-state index is -0.290. The Morgan fingerprint density at radius 1 is 1.40 bits per heavy atom. The molecule has 0 aliphatic rings. The van der Waals surface area contributed by atoms with Gasteiger partial charge in [0.25, 0.3) is 0 Å². The molecule has 15 heavy (non-hydrogen) atoms. The number of ether oxygens (including phenoxy) is 1. The van der Waals surface area contributed by atoms with Crippen LogP contribution in [0.2, 0.25) is 0 Å². The lowest BCUT2D eigenvalue weighted by molar-refractivity contribution is 0.102. The van der Waals surface area contributed by atoms with Gasteiger partial charge in [0.05, 0.1) is 6.61 Å². The van der Waals surface area contributed by atoms with Gasteiger partial charge in [-0.15, -0.1) is 0 Å². The van der Waals surface area contributed by atoms with E-state index in [1.807, 2.05) is 0 Å². The highest BCUT2D eigenvalue weighted by Crippen LogP contribution is 2.11. The van der Waals surface area contributed by atoms with E-state index in [1.54, 1.807) is 12.1 Å². The topological polar surface area (TPSA) is 55.5 Å². The fourth-order valence-corrected chi connectivity index (χ4v) is 1.18. The monoisotopic (exact) mass is 213 g/mol. The Bertz CT molecular complexity index is 305. The van der Waals surface area contributed by atoms with Gasteiger partial charge in [0.15, 0.2) is 0 Å². The predicted octanol–water partition coefficient (Wildman–Crippen LogP) is 1.18. The van der Waals surface area contributed by atoms with Crippen molar-refractivity contribution in [2.24, 2.45) is 5.73 Å². The van der Waals surface area contributed by atoms with Crippen LogP contribution in [-0.2, 0) is 17.9 Å². The van der Waals surface area contributed by atoms with Crippen LogP contribution in [0.5, 0.6) is 0 Å². The van der Waals surface area contributed by atoms with Crippen LogP contribution in [0.4, 0.5) is 4.39 Å². The summed E-state index contributed by atoms with van der Waals surface area (Å²) in [6.07, 6.45) is 0.572. The second-order valence-corrected chi connectivity index (χ2v) is 3.26. The summed E-state index contributed by atoms with van der Waals surface area (Å²) in [5.74, 6) is -0.290. The average Bonchev–Trinajstić information content (AvgIpc) is 2.26. The molecule has 0 aromatic heterocycles. The lowest BCUT2D eigenvalue weighted by atomic mass is 10.1. The zero-order valence-corrected chi connectivity index (χ0v) is 8.58. The lowest BCUT2D eigenvalue weighted by Crippen LogP contribution is -2.02. The number of benzene rings is 1. The molecule has 0 aliphatic heterocycles. The molecule has 0 unspecified atom stereocenters. The van der Waals surface area contributed by atoms with E-state index in [4.69, 9.17) is 15.6 Å². The van der Waals surface area contributed by atoms with Crippen LogP contribution >= 0.6 is 0 Å². The summed E-state index contributed by atoms with van der Waals surface area (Å²) in [6, 6.07) is 4.88. The molecule has 0 fully saturated rings. The maximum atomic E-state index is 13.4. The molecule has 3 N–H and O–H groups in total. The van der Waals surface area contributed by atoms with Crippen molar-refractivity contribution in [2.45, 2.75) is 19.6 Å². The molecule has 4 heteroatoms. The summed E-state index contributed by atoms with van der Waals surface area (Å²) in [6.45, 7) is 1.10. The Labute approximate surface area is 88.7 Å². The molecule has 0 spiro atoms. The first-order valence-electron chi connectivity index (χ1n) is 4.94. The van der Waals surface area contributed by atoms with Gasteiger partial charge in [-0.1, -0.05) is 12.1 Å². The van der Waals surface area contributed by atoms with Crippen LogP contribution < -0.4 is 5.73 Å². The maximum Gasteiger partial charge on any atom is 0.129 e. The minimum absolute atomic E-state index is 0.0919. The van der Waals surface area contributed by atoms with Crippen molar-refractivity contribution in [3.63, 3.8) is 0 Å². The zero-order valence-electron chi connectivity index (χ0n) is 8.58. The predicted molar refractivity (Wildman–Crippen MR) is 55.7 cm³/mol. The number of hydrogen-bond acceptors (Lipinski definition) is 3. The molecule has 3 nitrogen and oxygen atoms in total. The Kier molecular flexibility index (Phi) is 5.25. The van der Waals surface area contributed by atoms with E-state index in [1.165, 1.54) is 6.07 Å². The van der Waals surface area contributed by atoms with E-state index in [2.05, 4.69) is 0 Å². The van der Waals surface area contributed by atoms with Crippen molar-refractivity contribution in [1.82, 2.24) is 0 Å². The number of aliphatic hydroxyl groups excluding tert-OH is 1. The molecule has 0 saturated carbocycles. The van der Waals surface area contributed by atoms with Gasteiger partial charge in [0.2, 0.25) is 0 Å². The van der Waals surface area contributed by atoms with Gasteiger partial charge in [-0.3, -0.25) is 0 Å². The summed E-state index contributed by atoms with van der Waals surface area (Å²) in [5, 5.41) is 8.52. The van der Waals surface area contributed by atoms with Crippen LogP contribution in [-0.4, -0.2) is 18.3 Å². The van der Waals surface area contributed by atoms with Gasteiger partial charge in [-0.25, -0.2) is 4.39 Å². The van der Waals surface area contributed by atoms with Gasteiger partial charge >= 0.3 is 0 Å². The third kappa shape index (κ3) is 3.95. The van der Waals surface area contributed by atoms with Crippen LogP contribution in [0.15, 0.2) is 18.2 Å². The molecule has 0 aliphatic carbocycles. The van der Waals surface area contributed by atoms with Crippen molar-refractivity contribution in [2.75, 3.05) is 13.2 Å². The number of nitrogens with two attached hydrogens (primary N) is 1. The third-order valence-corrected chi connectivity index (χ3v) is 2.06. The molecule has 1 rings (SSSR count). The second kappa shape index (κ2) is 6.50.